The molecule has 98 valence electrons. The van der Waals surface area contributed by atoms with Crippen LogP contribution in [0.25, 0.3) is 0 Å². The van der Waals surface area contributed by atoms with Crippen molar-refractivity contribution in [2.45, 2.75) is 25.0 Å². The van der Waals surface area contributed by atoms with Gasteiger partial charge in [0, 0.05) is 24.5 Å². The molecule has 0 aliphatic carbocycles. The molecule has 0 aromatic heterocycles. The Bertz CT molecular complexity index is 568. The van der Waals surface area contributed by atoms with Crippen molar-refractivity contribution in [3.8, 4) is 5.75 Å². The van der Waals surface area contributed by atoms with Gasteiger partial charge in [0.05, 0.1) is 6.10 Å². The molecule has 0 radical (unpaired) electrons. The van der Waals surface area contributed by atoms with Crippen LogP contribution in [0.3, 0.4) is 0 Å². The number of aliphatic hydroxyl groups excluding tert-OH is 1. The fourth-order valence-electron chi connectivity index (χ4n) is 2.49. The Morgan fingerprint density at radius 2 is 1.95 bits per heavy atom. The lowest BCUT2D eigenvalue weighted by Crippen LogP contribution is -2.27. The molecule has 2 atom stereocenters. The number of benzene rings is 2. The SMILES string of the molecule is O[C@H]1CC(Cc2ccccc2)Oc2cc(F)ccc21. The molecule has 1 N–H and O–H groups in total. The lowest BCUT2D eigenvalue weighted by Gasteiger charge is -2.29. The van der Waals surface area contributed by atoms with Crippen LogP contribution >= 0.6 is 0 Å². The Balaban J connectivity index is 1.81. The Morgan fingerprint density at radius 1 is 1.16 bits per heavy atom. The molecule has 0 spiro atoms. The molecule has 1 aliphatic heterocycles. The average Bonchev–Trinajstić information content (AvgIpc) is 2.39. The van der Waals surface area contributed by atoms with Gasteiger partial charge < -0.3 is 9.84 Å². The molecule has 1 heterocycles. The number of aliphatic hydroxyl groups is 1. The highest BCUT2D eigenvalue weighted by atomic mass is 19.1. The number of fused-ring (bicyclic) bond motifs is 1. The van der Waals surface area contributed by atoms with Crippen LogP contribution in [0.1, 0.15) is 23.7 Å². The summed E-state index contributed by atoms with van der Waals surface area (Å²) in [5, 5.41) is 10.1. The van der Waals surface area contributed by atoms with Crippen LogP contribution < -0.4 is 4.74 Å². The van der Waals surface area contributed by atoms with Crippen LogP contribution in [-0.4, -0.2) is 11.2 Å². The summed E-state index contributed by atoms with van der Waals surface area (Å²) in [4.78, 5) is 0. The Kier molecular flexibility index (Phi) is 3.22. The third-order valence-corrected chi connectivity index (χ3v) is 3.42. The molecule has 0 saturated carbocycles. The van der Waals surface area contributed by atoms with Crippen LogP contribution in [0, 0.1) is 5.82 Å². The molecule has 0 fully saturated rings. The van der Waals surface area contributed by atoms with E-state index in [1.165, 1.54) is 12.1 Å². The number of hydrogen-bond acceptors (Lipinski definition) is 2. The van der Waals surface area contributed by atoms with Crippen molar-refractivity contribution in [1.82, 2.24) is 0 Å². The standard InChI is InChI=1S/C16H15FO2/c17-12-6-7-14-15(18)10-13(19-16(14)9-12)8-11-4-2-1-3-5-11/h1-7,9,13,15,18H,8,10H2/t13?,15-/m0/s1. The summed E-state index contributed by atoms with van der Waals surface area (Å²) in [6.45, 7) is 0. The van der Waals surface area contributed by atoms with Crippen molar-refractivity contribution in [2.75, 3.05) is 0 Å². The van der Waals surface area contributed by atoms with Crippen molar-refractivity contribution in [3.63, 3.8) is 0 Å². The van der Waals surface area contributed by atoms with Crippen molar-refractivity contribution in [3.05, 3.63) is 65.5 Å². The summed E-state index contributed by atoms with van der Waals surface area (Å²) in [7, 11) is 0. The van der Waals surface area contributed by atoms with Crippen LogP contribution in [0.2, 0.25) is 0 Å². The molecule has 1 aliphatic rings. The summed E-state index contributed by atoms with van der Waals surface area (Å²) in [6, 6.07) is 14.2. The van der Waals surface area contributed by atoms with E-state index in [1.807, 2.05) is 30.3 Å². The highest BCUT2D eigenvalue weighted by Crippen LogP contribution is 2.35. The van der Waals surface area contributed by atoms with E-state index >= 15 is 0 Å². The zero-order valence-corrected chi connectivity index (χ0v) is 10.4. The van der Waals surface area contributed by atoms with Crippen molar-refractivity contribution >= 4 is 0 Å². The first-order valence-electron chi connectivity index (χ1n) is 6.40. The van der Waals surface area contributed by atoms with E-state index in [9.17, 15) is 9.50 Å². The number of rotatable bonds is 2. The van der Waals surface area contributed by atoms with Gasteiger partial charge in [-0.15, -0.1) is 0 Å². The van der Waals surface area contributed by atoms with Crippen LogP contribution in [0.5, 0.6) is 5.75 Å². The van der Waals surface area contributed by atoms with E-state index in [2.05, 4.69) is 0 Å². The minimum atomic E-state index is -0.585. The maximum atomic E-state index is 13.2. The number of halogens is 1. The van der Waals surface area contributed by atoms with Crippen LogP contribution in [0.15, 0.2) is 48.5 Å². The summed E-state index contributed by atoms with van der Waals surface area (Å²) >= 11 is 0. The molecule has 0 saturated heterocycles. The minimum absolute atomic E-state index is 0.119. The van der Waals surface area contributed by atoms with E-state index in [0.717, 1.165) is 5.56 Å². The first kappa shape index (κ1) is 12.2. The van der Waals surface area contributed by atoms with Gasteiger partial charge in [0.15, 0.2) is 0 Å². The molecule has 0 bridgehead atoms. The van der Waals surface area contributed by atoms with Crippen LogP contribution in [-0.2, 0) is 6.42 Å². The maximum Gasteiger partial charge on any atom is 0.128 e. The lowest BCUT2D eigenvalue weighted by molar-refractivity contribution is 0.0659. The Labute approximate surface area is 111 Å². The van der Waals surface area contributed by atoms with E-state index in [4.69, 9.17) is 4.74 Å². The van der Waals surface area contributed by atoms with Gasteiger partial charge in [0.25, 0.3) is 0 Å². The topological polar surface area (TPSA) is 29.5 Å². The minimum Gasteiger partial charge on any atom is -0.489 e. The third kappa shape index (κ3) is 2.61. The molecule has 1 unspecified atom stereocenters. The smallest absolute Gasteiger partial charge is 0.128 e. The first-order chi connectivity index (χ1) is 9.22. The zero-order chi connectivity index (χ0) is 13.2. The number of ether oxygens (including phenoxy) is 1. The molecule has 2 aromatic rings. The molecule has 3 heteroatoms. The van der Waals surface area contributed by atoms with Crippen LogP contribution in [0.4, 0.5) is 4.39 Å². The van der Waals surface area contributed by atoms with Gasteiger partial charge in [-0.05, 0) is 17.7 Å². The monoisotopic (exact) mass is 258 g/mol. The predicted molar refractivity (Wildman–Crippen MR) is 70.5 cm³/mol. The molecule has 0 amide bonds. The van der Waals surface area contributed by atoms with E-state index in [-0.39, 0.29) is 11.9 Å². The van der Waals surface area contributed by atoms with Gasteiger partial charge in [0.2, 0.25) is 0 Å². The van der Waals surface area contributed by atoms with Gasteiger partial charge in [-0.2, -0.15) is 0 Å². The highest BCUT2D eigenvalue weighted by molar-refractivity contribution is 5.37. The molecule has 2 aromatic carbocycles. The fourth-order valence-corrected chi connectivity index (χ4v) is 2.49. The Morgan fingerprint density at radius 3 is 2.74 bits per heavy atom. The molecular weight excluding hydrogens is 243 g/mol. The quantitative estimate of drug-likeness (QED) is 0.896. The van der Waals surface area contributed by atoms with Crippen molar-refractivity contribution in [2.24, 2.45) is 0 Å². The van der Waals surface area contributed by atoms with Crippen molar-refractivity contribution in [1.29, 1.82) is 0 Å². The van der Waals surface area contributed by atoms with Gasteiger partial charge in [-0.25, -0.2) is 4.39 Å². The average molecular weight is 258 g/mol. The van der Waals surface area contributed by atoms with Gasteiger partial charge in [0.1, 0.15) is 17.7 Å². The molecule has 19 heavy (non-hydrogen) atoms. The molecule has 3 rings (SSSR count). The summed E-state index contributed by atoms with van der Waals surface area (Å²) < 4.78 is 19.0. The molecule has 2 nitrogen and oxygen atoms in total. The Hall–Kier alpha value is -1.87. The highest BCUT2D eigenvalue weighted by Gasteiger charge is 2.27. The number of hydrogen-bond donors (Lipinski definition) is 1. The van der Waals surface area contributed by atoms with Gasteiger partial charge >= 0.3 is 0 Å². The van der Waals surface area contributed by atoms with E-state index < -0.39 is 6.10 Å². The zero-order valence-electron chi connectivity index (χ0n) is 10.4. The second-order valence-electron chi connectivity index (χ2n) is 4.86. The van der Waals surface area contributed by atoms with Crippen molar-refractivity contribution < 1.29 is 14.2 Å². The second-order valence-corrected chi connectivity index (χ2v) is 4.86. The van der Waals surface area contributed by atoms with Gasteiger partial charge in [-0.1, -0.05) is 30.3 Å². The third-order valence-electron chi connectivity index (χ3n) is 3.42. The lowest BCUT2D eigenvalue weighted by atomic mass is 9.95. The van der Waals surface area contributed by atoms with E-state index in [1.54, 1.807) is 6.07 Å². The van der Waals surface area contributed by atoms with E-state index in [0.29, 0.717) is 24.2 Å². The summed E-state index contributed by atoms with van der Waals surface area (Å²) in [5.74, 6) is 0.117. The van der Waals surface area contributed by atoms with Gasteiger partial charge in [-0.3, -0.25) is 0 Å². The predicted octanol–water partition coefficient (Wildman–Crippen LogP) is 3.25. The molecular formula is C16H15FO2. The summed E-state index contributed by atoms with van der Waals surface area (Å²) in [5.41, 5.74) is 1.82. The maximum absolute atomic E-state index is 13.2. The fraction of sp³-hybridized carbons (Fsp3) is 0.250. The largest absolute Gasteiger partial charge is 0.489 e. The summed E-state index contributed by atoms with van der Waals surface area (Å²) in [6.07, 6.45) is 0.547. The first-order valence-corrected chi connectivity index (χ1v) is 6.40. The normalized spacial score (nSPS) is 21.6. The second kappa shape index (κ2) is 5.02.